The van der Waals surface area contributed by atoms with Gasteiger partial charge in [0.1, 0.15) is 6.61 Å². The fourth-order valence-corrected chi connectivity index (χ4v) is 4.49. The van der Waals surface area contributed by atoms with Crippen LogP contribution in [-0.2, 0) is 4.74 Å². The maximum absolute atomic E-state index is 11.4. The van der Waals surface area contributed by atoms with Crippen LogP contribution in [0.15, 0.2) is 66.2 Å². The first-order valence-corrected chi connectivity index (χ1v) is 11.5. The van der Waals surface area contributed by atoms with Crippen molar-refractivity contribution in [2.24, 2.45) is 16.3 Å². The van der Waals surface area contributed by atoms with Gasteiger partial charge in [-0.2, -0.15) is 0 Å². The molecule has 3 rings (SSSR count). The molecule has 0 saturated carbocycles. The lowest BCUT2D eigenvalue weighted by Gasteiger charge is -2.34. The molecule has 0 bridgehead atoms. The van der Waals surface area contributed by atoms with E-state index < -0.39 is 11.5 Å². The third-order valence-electron chi connectivity index (χ3n) is 6.09. The highest BCUT2D eigenvalue weighted by molar-refractivity contribution is 6.30. The second-order valence-electron chi connectivity index (χ2n) is 8.97. The minimum atomic E-state index is -0.734. The molecule has 0 spiro atoms. The molecule has 0 unspecified atom stereocenters. The van der Waals surface area contributed by atoms with E-state index in [0.717, 1.165) is 17.0 Å². The summed E-state index contributed by atoms with van der Waals surface area (Å²) in [7, 11) is 0. The number of rotatable bonds is 9. The van der Waals surface area contributed by atoms with Crippen molar-refractivity contribution in [1.82, 2.24) is 0 Å². The molecule has 0 aliphatic carbocycles. The van der Waals surface area contributed by atoms with Crippen molar-refractivity contribution in [2.75, 3.05) is 6.61 Å². The summed E-state index contributed by atoms with van der Waals surface area (Å²) in [6.07, 6.45) is 2.49. The van der Waals surface area contributed by atoms with Crippen LogP contribution in [0.1, 0.15) is 56.8 Å². The van der Waals surface area contributed by atoms with Crippen LogP contribution in [0.25, 0.3) is 0 Å². The molecule has 31 heavy (non-hydrogen) atoms. The number of allylic oxidation sites excluding steroid dienone is 1. The molecule has 0 aromatic heterocycles. The molecule has 0 radical (unpaired) electrons. The number of halogens is 2. The quantitative estimate of drug-likeness (QED) is 0.401. The summed E-state index contributed by atoms with van der Waals surface area (Å²) in [5, 5.41) is 12.7. The van der Waals surface area contributed by atoms with E-state index in [-0.39, 0.29) is 12.0 Å². The van der Waals surface area contributed by atoms with Gasteiger partial charge in [-0.1, -0.05) is 74.3 Å². The van der Waals surface area contributed by atoms with Crippen molar-refractivity contribution < 1.29 is 9.84 Å². The van der Waals surface area contributed by atoms with Crippen LogP contribution in [0.2, 0.25) is 10.0 Å². The van der Waals surface area contributed by atoms with Crippen molar-refractivity contribution >= 4 is 29.1 Å². The van der Waals surface area contributed by atoms with Crippen molar-refractivity contribution in [3.63, 3.8) is 0 Å². The number of benzene rings is 2. The SMILES string of the molecule is C=CC[C@@](C)(C[C@H](c1cccc(Cl)c1)[C@@H](O)c1ccc(Cl)cc1)C1=N[C@@H](C(C)C)CO1. The molecule has 4 atom stereocenters. The van der Waals surface area contributed by atoms with Gasteiger partial charge in [-0.3, -0.25) is 0 Å². The summed E-state index contributed by atoms with van der Waals surface area (Å²) in [6.45, 7) is 11.0. The number of aliphatic imine (C=N–C) groups is 1. The maximum atomic E-state index is 11.4. The van der Waals surface area contributed by atoms with Crippen molar-refractivity contribution in [3.8, 4) is 0 Å². The highest BCUT2D eigenvalue weighted by atomic mass is 35.5. The monoisotopic (exact) mass is 459 g/mol. The van der Waals surface area contributed by atoms with Gasteiger partial charge in [-0.15, -0.1) is 6.58 Å². The Balaban J connectivity index is 2.00. The first-order chi connectivity index (χ1) is 14.7. The topological polar surface area (TPSA) is 41.8 Å². The van der Waals surface area contributed by atoms with Crippen LogP contribution in [0.5, 0.6) is 0 Å². The first kappa shape index (κ1) is 23.8. The Morgan fingerprint density at radius 1 is 1.16 bits per heavy atom. The van der Waals surface area contributed by atoms with Gasteiger partial charge >= 0.3 is 0 Å². The first-order valence-electron chi connectivity index (χ1n) is 10.7. The Morgan fingerprint density at radius 3 is 2.45 bits per heavy atom. The summed E-state index contributed by atoms with van der Waals surface area (Å²) in [4.78, 5) is 4.91. The second-order valence-corrected chi connectivity index (χ2v) is 9.84. The van der Waals surface area contributed by atoms with Crippen LogP contribution < -0.4 is 0 Å². The smallest absolute Gasteiger partial charge is 0.190 e. The van der Waals surface area contributed by atoms with E-state index >= 15 is 0 Å². The third-order valence-corrected chi connectivity index (χ3v) is 6.58. The minimum Gasteiger partial charge on any atom is -0.478 e. The summed E-state index contributed by atoms with van der Waals surface area (Å²) >= 11 is 12.4. The largest absolute Gasteiger partial charge is 0.478 e. The molecule has 1 aliphatic rings. The zero-order valence-electron chi connectivity index (χ0n) is 18.4. The van der Waals surface area contributed by atoms with Crippen LogP contribution in [0.4, 0.5) is 0 Å². The Bertz CT molecular complexity index is 925. The second kappa shape index (κ2) is 10.2. The van der Waals surface area contributed by atoms with Gasteiger partial charge in [0.2, 0.25) is 0 Å². The van der Waals surface area contributed by atoms with Gasteiger partial charge in [0, 0.05) is 21.4 Å². The molecule has 2 aromatic rings. The number of ether oxygens (including phenoxy) is 1. The Labute approximate surface area is 195 Å². The zero-order chi connectivity index (χ0) is 22.6. The van der Waals surface area contributed by atoms with Crippen LogP contribution in [0.3, 0.4) is 0 Å². The molecular formula is C26H31Cl2NO2. The predicted molar refractivity (Wildman–Crippen MR) is 130 cm³/mol. The van der Waals surface area contributed by atoms with E-state index in [1.807, 2.05) is 42.5 Å². The van der Waals surface area contributed by atoms with Gasteiger partial charge in [0.15, 0.2) is 5.90 Å². The van der Waals surface area contributed by atoms with Gasteiger partial charge < -0.3 is 9.84 Å². The molecule has 1 aliphatic heterocycles. The number of nitrogens with zero attached hydrogens (tertiary/aromatic N) is 1. The van der Waals surface area contributed by atoms with E-state index in [0.29, 0.717) is 35.4 Å². The Morgan fingerprint density at radius 2 is 1.87 bits per heavy atom. The molecule has 166 valence electrons. The van der Waals surface area contributed by atoms with Gasteiger partial charge in [0.25, 0.3) is 0 Å². The number of hydrogen-bond donors (Lipinski definition) is 1. The van der Waals surface area contributed by atoms with Gasteiger partial charge in [-0.05, 0) is 54.2 Å². The lowest BCUT2D eigenvalue weighted by molar-refractivity contribution is 0.121. The van der Waals surface area contributed by atoms with Gasteiger partial charge in [0.05, 0.1) is 12.1 Å². The van der Waals surface area contributed by atoms with Crippen molar-refractivity contribution in [3.05, 3.63) is 82.4 Å². The third kappa shape index (κ3) is 5.71. The lowest BCUT2D eigenvalue weighted by Crippen LogP contribution is -2.31. The average molecular weight is 460 g/mol. The average Bonchev–Trinajstić information content (AvgIpc) is 3.24. The van der Waals surface area contributed by atoms with Crippen LogP contribution in [-0.4, -0.2) is 23.7 Å². The predicted octanol–water partition coefficient (Wildman–Crippen LogP) is 7.24. The molecule has 1 heterocycles. The molecule has 2 aromatic carbocycles. The van der Waals surface area contributed by atoms with Crippen LogP contribution in [0, 0.1) is 11.3 Å². The van der Waals surface area contributed by atoms with E-state index in [2.05, 4.69) is 27.4 Å². The molecule has 0 amide bonds. The summed E-state index contributed by atoms with van der Waals surface area (Å²) < 4.78 is 6.08. The molecule has 0 fully saturated rings. The summed E-state index contributed by atoms with van der Waals surface area (Å²) in [6, 6.07) is 15.2. The van der Waals surface area contributed by atoms with E-state index in [1.54, 1.807) is 12.1 Å². The van der Waals surface area contributed by atoms with Crippen molar-refractivity contribution in [1.29, 1.82) is 0 Å². The highest BCUT2D eigenvalue weighted by Gasteiger charge is 2.40. The van der Waals surface area contributed by atoms with Gasteiger partial charge in [-0.25, -0.2) is 4.99 Å². The summed E-state index contributed by atoms with van der Waals surface area (Å²) in [5.74, 6) is 0.949. The molecule has 3 nitrogen and oxygen atoms in total. The molecule has 1 N–H and O–H groups in total. The Hall–Kier alpha value is -1.81. The van der Waals surface area contributed by atoms with E-state index in [4.69, 9.17) is 32.9 Å². The van der Waals surface area contributed by atoms with Crippen LogP contribution >= 0.6 is 23.2 Å². The number of aliphatic hydroxyl groups is 1. The molecular weight excluding hydrogens is 429 g/mol. The maximum Gasteiger partial charge on any atom is 0.190 e. The lowest BCUT2D eigenvalue weighted by atomic mass is 9.73. The van der Waals surface area contributed by atoms with Crippen molar-refractivity contribution in [2.45, 2.75) is 51.7 Å². The number of hydrogen-bond acceptors (Lipinski definition) is 3. The highest BCUT2D eigenvalue weighted by Crippen LogP contribution is 2.44. The van der Waals surface area contributed by atoms with E-state index in [9.17, 15) is 5.11 Å². The Kier molecular flexibility index (Phi) is 7.85. The number of aliphatic hydroxyl groups excluding tert-OH is 1. The van der Waals surface area contributed by atoms with E-state index in [1.165, 1.54) is 0 Å². The normalized spacial score (nSPS) is 20.0. The fraction of sp³-hybridized carbons (Fsp3) is 0.423. The standard InChI is InChI=1S/C26H31Cl2NO2/c1-5-13-26(4,25-29-23(16-31-25)17(2)3)15-22(19-7-6-8-21(28)14-19)24(30)18-9-11-20(27)12-10-18/h5-12,14,17,22-24,30H,1,13,15-16H2,2-4H3/t22-,23-,24+,26+/m1/s1. The molecule has 5 heteroatoms. The fourth-order valence-electron chi connectivity index (χ4n) is 4.16. The summed E-state index contributed by atoms with van der Waals surface area (Å²) in [5.41, 5.74) is 1.39. The zero-order valence-corrected chi connectivity index (χ0v) is 19.9. The molecule has 0 saturated heterocycles. The minimum absolute atomic E-state index is 0.157.